The number of halogens is 6. The zero-order chi connectivity index (χ0) is 19.7. The van der Waals surface area contributed by atoms with E-state index >= 15 is 0 Å². The summed E-state index contributed by atoms with van der Waals surface area (Å²) >= 11 is 0. The lowest BCUT2D eigenvalue weighted by atomic mass is 9.92. The first-order valence-corrected chi connectivity index (χ1v) is 6.86. The summed E-state index contributed by atoms with van der Waals surface area (Å²) in [6, 6.07) is 4.17. The molecule has 0 bridgehead atoms. The van der Waals surface area contributed by atoms with Crippen LogP contribution in [0.25, 0.3) is 11.1 Å². The largest absolute Gasteiger partial charge is 0.478 e. The van der Waals surface area contributed by atoms with Crippen LogP contribution in [0.15, 0.2) is 36.4 Å². The van der Waals surface area contributed by atoms with Gasteiger partial charge in [0.2, 0.25) is 0 Å². The fourth-order valence-electron chi connectivity index (χ4n) is 2.37. The van der Waals surface area contributed by atoms with Crippen molar-refractivity contribution >= 4 is 5.97 Å². The molecule has 0 atom stereocenters. The summed E-state index contributed by atoms with van der Waals surface area (Å²) in [7, 11) is 0. The molecular formula is C16H10F6O4. The van der Waals surface area contributed by atoms with Crippen LogP contribution in [-0.4, -0.2) is 16.3 Å². The van der Waals surface area contributed by atoms with Crippen molar-refractivity contribution in [1.29, 1.82) is 0 Å². The maximum atomic E-state index is 13.3. The lowest BCUT2D eigenvalue weighted by molar-refractivity contribution is -0.253. The van der Waals surface area contributed by atoms with Crippen molar-refractivity contribution < 1.29 is 46.4 Å². The quantitative estimate of drug-likeness (QED) is 0.441. The highest BCUT2D eigenvalue weighted by Gasteiger charge is 2.39. The first kappa shape index (κ1) is 19.7. The third-order valence-electron chi connectivity index (χ3n) is 3.48. The number of alkyl halides is 6. The molecule has 0 aromatic heterocycles. The third kappa shape index (κ3) is 4.14. The fraction of sp³-hybridized carbons (Fsp3) is 0.188. The Morgan fingerprint density at radius 3 is 1.85 bits per heavy atom. The van der Waals surface area contributed by atoms with Crippen LogP contribution in [0.3, 0.4) is 0 Å². The van der Waals surface area contributed by atoms with Crippen LogP contribution >= 0.6 is 0 Å². The van der Waals surface area contributed by atoms with Gasteiger partial charge in [0.05, 0.1) is 16.7 Å². The zero-order valence-corrected chi connectivity index (χ0v) is 12.6. The summed E-state index contributed by atoms with van der Waals surface area (Å²) in [5.74, 6) is -1.64. The van der Waals surface area contributed by atoms with Crippen LogP contribution in [0.5, 0.6) is 0 Å². The SMILES string of the molecule is O=C(O)c1ccc(-c2ccc(COO)cc2C(F)(F)F)c(C(F)(F)F)c1. The minimum atomic E-state index is -5.07. The Morgan fingerprint density at radius 1 is 0.885 bits per heavy atom. The van der Waals surface area contributed by atoms with Crippen molar-refractivity contribution in [3.8, 4) is 11.1 Å². The summed E-state index contributed by atoms with van der Waals surface area (Å²) in [4.78, 5) is 14.6. The van der Waals surface area contributed by atoms with Gasteiger partial charge in [-0.15, -0.1) is 0 Å². The van der Waals surface area contributed by atoms with E-state index in [9.17, 15) is 31.1 Å². The second-order valence-electron chi connectivity index (χ2n) is 5.21. The summed E-state index contributed by atoms with van der Waals surface area (Å²) in [5, 5.41) is 17.2. The van der Waals surface area contributed by atoms with Crippen LogP contribution in [0.1, 0.15) is 27.0 Å². The molecule has 10 heteroatoms. The predicted octanol–water partition coefficient (Wildman–Crippen LogP) is 5.08. The summed E-state index contributed by atoms with van der Waals surface area (Å²) < 4.78 is 79.8. The molecule has 0 fully saturated rings. The van der Waals surface area contributed by atoms with Crippen LogP contribution in [-0.2, 0) is 23.8 Å². The highest BCUT2D eigenvalue weighted by Crippen LogP contribution is 2.43. The first-order valence-electron chi connectivity index (χ1n) is 6.86. The average molecular weight is 380 g/mol. The monoisotopic (exact) mass is 380 g/mol. The van der Waals surface area contributed by atoms with E-state index in [1.807, 2.05) is 0 Å². The standard InChI is InChI=1S/C16H10F6O4/c17-15(18,19)12-5-8(7-26-25)1-3-10(12)11-4-2-9(14(23)24)6-13(11)16(20,21)22/h1-6,25H,7H2,(H,23,24). The van der Waals surface area contributed by atoms with Crippen LogP contribution < -0.4 is 0 Å². The van der Waals surface area contributed by atoms with Gasteiger partial charge in [-0.1, -0.05) is 18.2 Å². The second-order valence-corrected chi connectivity index (χ2v) is 5.21. The van der Waals surface area contributed by atoms with Gasteiger partial charge < -0.3 is 5.11 Å². The van der Waals surface area contributed by atoms with Crippen molar-refractivity contribution in [2.45, 2.75) is 19.0 Å². The number of carboxylic acids is 1. The average Bonchev–Trinajstić information content (AvgIpc) is 2.53. The Balaban J connectivity index is 2.77. The Morgan fingerprint density at radius 2 is 1.38 bits per heavy atom. The Kier molecular flexibility index (Phi) is 5.28. The van der Waals surface area contributed by atoms with Gasteiger partial charge in [-0.2, -0.15) is 26.3 Å². The van der Waals surface area contributed by atoms with Gasteiger partial charge in [0, 0.05) is 0 Å². The van der Waals surface area contributed by atoms with E-state index in [4.69, 9.17) is 10.4 Å². The van der Waals surface area contributed by atoms with E-state index in [1.54, 1.807) is 0 Å². The smallest absolute Gasteiger partial charge is 0.417 e. The Bertz CT molecular complexity index is 826. The molecule has 0 unspecified atom stereocenters. The Hall–Kier alpha value is -2.59. The molecule has 2 aromatic rings. The van der Waals surface area contributed by atoms with Crippen molar-refractivity contribution in [3.63, 3.8) is 0 Å². The summed E-state index contributed by atoms with van der Waals surface area (Å²) in [6.45, 7) is -0.590. The molecule has 0 spiro atoms. The van der Waals surface area contributed by atoms with Gasteiger partial charge in [-0.3, -0.25) is 5.26 Å². The number of aromatic carboxylic acids is 1. The molecule has 0 saturated carbocycles. The molecule has 0 amide bonds. The molecule has 0 aliphatic heterocycles. The van der Waals surface area contributed by atoms with Gasteiger partial charge in [0.1, 0.15) is 6.61 Å². The van der Waals surface area contributed by atoms with Crippen LogP contribution in [0.4, 0.5) is 26.3 Å². The van der Waals surface area contributed by atoms with E-state index in [1.165, 1.54) is 0 Å². The molecule has 0 aliphatic rings. The second kappa shape index (κ2) is 6.96. The molecule has 2 rings (SSSR count). The van der Waals surface area contributed by atoms with Gasteiger partial charge in [0.25, 0.3) is 0 Å². The fourth-order valence-corrected chi connectivity index (χ4v) is 2.37. The van der Waals surface area contributed by atoms with Crippen molar-refractivity contribution in [2.24, 2.45) is 0 Å². The molecule has 140 valence electrons. The highest BCUT2D eigenvalue weighted by molar-refractivity contribution is 5.89. The molecule has 0 aliphatic carbocycles. The van der Waals surface area contributed by atoms with Crippen molar-refractivity contribution in [1.82, 2.24) is 0 Å². The van der Waals surface area contributed by atoms with Gasteiger partial charge in [-0.25, -0.2) is 9.68 Å². The number of hydrogen-bond acceptors (Lipinski definition) is 3. The molecule has 4 nitrogen and oxygen atoms in total. The lowest BCUT2D eigenvalue weighted by Gasteiger charge is -2.19. The highest BCUT2D eigenvalue weighted by atomic mass is 19.4. The first-order chi connectivity index (χ1) is 11.9. The molecular weight excluding hydrogens is 370 g/mol. The van der Waals surface area contributed by atoms with E-state index in [-0.39, 0.29) is 11.6 Å². The van der Waals surface area contributed by atoms with Crippen LogP contribution in [0, 0.1) is 0 Å². The van der Waals surface area contributed by atoms with Gasteiger partial charge in [0.15, 0.2) is 0 Å². The minimum Gasteiger partial charge on any atom is -0.478 e. The molecule has 0 saturated heterocycles. The number of benzene rings is 2. The molecule has 26 heavy (non-hydrogen) atoms. The van der Waals surface area contributed by atoms with Gasteiger partial charge >= 0.3 is 18.3 Å². The number of carbonyl (C=O) groups is 1. The maximum absolute atomic E-state index is 13.3. The number of carboxylic acid groups (broad SMARTS) is 1. The van der Waals surface area contributed by atoms with Crippen molar-refractivity contribution in [3.05, 3.63) is 58.7 Å². The van der Waals surface area contributed by atoms with E-state index < -0.39 is 52.7 Å². The zero-order valence-electron chi connectivity index (χ0n) is 12.6. The summed E-state index contributed by atoms with van der Waals surface area (Å²) in [5.41, 5.74) is -5.29. The molecule has 0 radical (unpaired) electrons. The van der Waals surface area contributed by atoms with E-state index in [0.29, 0.717) is 12.1 Å². The maximum Gasteiger partial charge on any atom is 0.417 e. The number of rotatable bonds is 4. The van der Waals surface area contributed by atoms with E-state index in [2.05, 4.69) is 4.89 Å². The topological polar surface area (TPSA) is 66.8 Å². The summed E-state index contributed by atoms with van der Waals surface area (Å²) in [6.07, 6.45) is -10.1. The molecule has 2 aromatic carbocycles. The van der Waals surface area contributed by atoms with Gasteiger partial charge in [-0.05, 0) is 34.9 Å². The molecule has 0 heterocycles. The third-order valence-corrected chi connectivity index (χ3v) is 3.48. The normalized spacial score (nSPS) is 12.3. The number of hydrogen-bond donors (Lipinski definition) is 2. The van der Waals surface area contributed by atoms with Crippen LogP contribution in [0.2, 0.25) is 0 Å². The van der Waals surface area contributed by atoms with Crippen molar-refractivity contribution in [2.75, 3.05) is 0 Å². The molecule has 2 N–H and O–H groups in total. The lowest BCUT2D eigenvalue weighted by Crippen LogP contribution is -2.13. The Labute approximate surface area is 142 Å². The van der Waals surface area contributed by atoms with E-state index in [0.717, 1.165) is 18.2 Å². The minimum absolute atomic E-state index is 0.112. The predicted molar refractivity (Wildman–Crippen MR) is 76.3 cm³/mol.